The fourth-order valence-electron chi connectivity index (χ4n) is 1.79. The summed E-state index contributed by atoms with van der Waals surface area (Å²) in [5.41, 5.74) is 1.21. The molecule has 0 saturated carbocycles. The second-order valence-corrected chi connectivity index (χ2v) is 4.91. The van der Waals surface area contributed by atoms with Crippen molar-refractivity contribution in [3.05, 3.63) is 29.0 Å². The number of aromatic nitrogens is 2. The second kappa shape index (κ2) is 6.21. The lowest BCUT2D eigenvalue weighted by atomic mass is 10.1. The number of rotatable bonds is 6. The summed E-state index contributed by atoms with van der Waals surface area (Å²) in [6.07, 6.45) is 4.71. The molecular formula is C12H20BrN3. The third-order valence-corrected chi connectivity index (χ3v) is 3.07. The van der Waals surface area contributed by atoms with Gasteiger partial charge in [0.1, 0.15) is 0 Å². The van der Waals surface area contributed by atoms with E-state index >= 15 is 0 Å². The molecule has 0 aromatic carbocycles. The van der Waals surface area contributed by atoms with E-state index in [1.165, 1.54) is 5.69 Å². The first-order valence-electron chi connectivity index (χ1n) is 5.69. The van der Waals surface area contributed by atoms with Gasteiger partial charge in [0.05, 0.1) is 22.4 Å². The predicted octanol–water partition coefficient (Wildman–Crippen LogP) is 3.45. The van der Waals surface area contributed by atoms with Gasteiger partial charge in [0.15, 0.2) is 0 Å². The maximum absolute atomic E-state index is 4.40. The average molecular weight is 286 g/mol. The van der Waals surface area contributed by atoms with Crippen molar-refractivity contribution < 1.29 is 0 Å². The van der Waals surface area contributed by atoms with Crippen molar-refractivity contribution in [1.82, 2.24) is 15.1 Å². The minimum atomic E-state index is 0.279. The standard InChI is InChI=1S/C12H20BrN3/c1-5-7-11(14-6-2)12-10(13)8-15-16(12)9(3)4/h5,8-9,11,14H,1,6-7H2,2-4H3. The first-order chi connectivity index (χ1) is 7.61. The molecule has 0 aliphatic heterocycles. The predicted molar refractivity (Wildman–Crippen MR) is 71.5 cm³/mol. The van der Waals surface area contributed by atoms with Crippen molar-refractivity contribution >= 4 is 15.9 Å². The molecule has 1 rings (SSSR count). The molecule has 1 atom stereocenters. The molecule has 0 radical (unpaired) electrons. The lowest BCUT2D eigenvalue weighted by Crippen LogP contribution is -2.24. The Morgan fingerprint density at radius 2 is 2.31 bits per heavy atom. The van der Waals surface area contributed by atoms with Crippen LogP contribution in [0.1, 0.15) is 45.0 Å². The van der Waals surface area contributed by atoms with Crippen LogP contribution in [0.15, 0.2) is 23.3 Å². The number of nitrogens with one attached hydrogen (secondary N) is 1. The van der Waals surface area contributed by atoms with Crippen LogP contribution < -0.4 is 5.32 Å². The van der Waals surface area contributed by atoms with Crippen LogP contribution in [-0.2, 0) is 0 Å². The highest BCUT2D eigenvalue weighted by Gasteiger charge is 2.19. The highest BCUT2D eigenvalue weighted by Crippen LogP contribution is 2.27. The highest BCUT2D eigenvalue weighted by atomic mass is 79.9. The van der Waals surface area contributed by atoms with Gasteiger partial charge in [-0.25, -0.2) is 0 Å². The Balaban J connectivity index is 3.05. The van der Waals surface area contributed by atoms with Crippen LogP contribution in [0.2, 0.25) is 0 Å². The SMILES string of the molecule is C=CCC(NCC)c1c(Br)cnn1C(C)C. The number of hydrogen-bond donors (Lipinski definition) is 1. The van der Waals surface area contributed by atoms with E-state index < -0.39 is 0 Å². The van der Waals surface area contributed by atoms with Crippen LogP contribution in [-0.4, -0.2) is 16.3 Å². The summed E-state index contributed by atoms with van der Waals surface area (Å²) < 4.78 is 3.12. The van der Waals surface area contributed by atoms with Gasteiger partial charge < -0.3 is 5.32 Å². The Hall–Kier alpha value is -0.610. The number of halogens is 1. The summed E-state index contributed by atoms with van der Waals surface area (Å²) in [6.45, 7) is 11.1. The largest absolute Gasteiger partial charge is 0.309 e. The quantitative estimate of drug-likeness (QED) is 0.812. The fraction of sp³-hybridized carbons (Fsp3) is 0.583. The Morgan fingerprint density at radius 1 is 1.62 bits per heavy atom. The minimum absolute atomic E-state index is 0.279. The van der Waals surface area contributed by atoms with E-state index in [-0.39, 0.29) is 6.04 Å². The molecule has 0 aliphatic carbocycles. The van der Waals surface area contributed by atoms with Crippen molar-refractivity contribution in [2.24, 2.45) is 0 Å². The lowest BCUT2D eigenvalue weighted by molar-refractivity contribution is 0.450. The Morgan fingerprint density at radius 3 is 2.81 bits per heavy atom. The van der Waals surface area contributed by atoms with Gasteiger partial charge in [-0.2, -0.15) is 5.10 Å². The van der Waals surface area contributed by atoms with E-state index in [1.54, 1.807) is 0 Å². The normalized spacial score (nSPS) is 13.1. The minimum Gasteiger partial charge on any atom is -0.309 e. The zero-order valence-corrected chi connectivity index (χ0v) is 11.8. The molecule has 3 nitrogen and oxygen atoms in total. The van der Waals surface area contributed by atoms with Crippen LogP contribution in [0, 0.1) is 0 Å². The molecular weight excluding hydrogens is 266 g/mol. The van der Waals surface area contributed by atoms with Crippen molar-refractivity contribution in [3.8, 4) is 0 Å². The van der Waals surface area contributed by atoms with Crippen molar-refractivity contribution in [2.45, 2.75) is 39.3 Å². The zero-order valence-electron chi connectivity index (χ0n) is 10.2. The first kappa shape index (κ1) is 13.5. The van der Waals surface area contributed by atoms with E-state index in [9.17, 15) is 0 Å². The van der Waals surface area contributed by atoms with E-state index in [0.717, 1.165) is 17.4 Å². The van der Waals surface area contributed by atoms with Crippen LogP contribution in [0.5, 0.6) is 0 Å². The number of hydrogen-bond acceptors (Lipinski definition) is 2. The molecule has 1 unspecified atom stereocenters. The maximum Gasteiger partial charge on any atom is 0.0701 e. The molecule has 0 bridgehead atoms. The first-order valence-corrected chi connectivity index (χ1v) is 6.48. The van der Waals surface area contributed by atoms with Gasteiger partial charge in [-0.05, 0) is 42.7 Å². The second-order valence-electron chi connectivity index (χ2n) is 4.05. The summed E-state index contributed by atoms with van der Waals surface area (Å²) in [5.74, 6) is 0. The van der Waals surface area contributed by atoms with Crippen molar-refractivity contribution in [1.29, 1.82) is 0 Å². The Bertz CT molecular complexity index is 344. The van der Waals surface area contributed by atoms with Gasteiger partial charge in [-0.15, -0.1) is 6.58 Å². The van der Waals surface area contributed by atoms with E-state index in [2.05, 4.69) is 58.4 Å². The summed E-state index contributed by atoms with van der Waals surface area (Å²) in [6, 6.07) is 0.647. The van der Waals surface area contributed by atoms with Gasteiger partial charge in [0.25, 0.3) is 0 Å². The topological polar surface area (TPSA) is 29.9 Å². The molecule has 0 spiro atoms. The number of nitrogens with zero attached hydrogens (tertiary/aromatic N) is 2. The summed E-state index contributed by atoms with van der Waals surface area (Å²) >= 11 is 3.57. The fourth-order valence-corrected chi connectivity index (χ4v) is 2.34. The molecule has 1 aromatic rings. The molecule has 1 N–H and O–H groups in total. The van der Waals surface area contributed by atoms with Gasteiger partial charge in [-0.3, -0.25) is 4.68 Å². The molecule has 0 amide bonds. The summed E-state index contributed by atoms with van der Waals surface area (Å²) in [5, 5.41) is 7.86. The van der Waals surface area contributed by atoms with Crippen LogP contribution in [0.3, 0.4) is 0 Å². The molecule has 16 heavy (non-hydrogen) atoms. The summed E-state index contributed by atoms with van der Waals surface area (Å²) in [7, 11) is 0. The Labute approximate surface area is 106 Å². The maximum atomic E-state index is 4.40. The summed E-state index contributed by atoms with van der Waals surface area (Å²) in [4.78, 5) is 0. The van der Waals surface area contributed by atoms with Gasteiger partial charge in [0.2, 0.25) is 0 Å². The van der Waals surface area contributed by atoms with Crippen molar-refractivity contribution in [2.75, 3.05) is 6.54 Å². The molecule has 4 heteroatoms. The molecule has 1 aromatic heterocycles. The molecule has 0 fully saturated rings. The molecule has 0 aliphatic rings. The lowest BCUT2D eigenvalue weighted by Gasteiger charge is -2.20. The van der Waals surface area contributed by atoms with E-state index in [4.69, 9.17) is 0 Å². The van der Waals surface area contributed by atoms with Gasteiger partial charge in [-0.1, -0.05) is 13.0 Å². The molecule has 0 saturated heterocycles. The molecule has 90 valence electrons. The van der Waals surface area contributed by atoms with Crippen LogP contribution in [0.4, 0.5) is 0 Å². The van der Waals surface area contributed by atoms with Gasteiger partial charge >= 0.3 is 0 Å². The molecule has 1 heterocycles. The van der Waals surface area contributed by atoms with E-state index in [0.29, 0.717) is 6.04 Å². The van der Waals surface area contributed by atoms with E-state index in [1.807, 2.05) is 12.3 Å². The van der Waals surface area contributed by atoms with Gasteiger partial charge in [0, 0.05) is 6.04 Å². The third-order valence-electron chi connectivity index (χ3n) is 2.46. The van der Waals surface area contributed by atoms with Crippen LogP contribution in [0.25, 0.3) is 0 Å². The highest BCUT2D eigenvalue weighted by molar-refractivity contribution is 9.10. The smallest absolute Gasteiger partial charge is 0.0701 e. The zero-order chi connectivity index (χ0) is 12.1. The third kappa shape index (κ3) is 2.95. The average Bonchev–Trinajstić information content (AvgIpc) is 2.60. The monoisotopic (exact) mass is 285 g/mol. The Kier molecular flexibility index (Phi) is 5.22. The van der Waals surface area contributed by atoms with Crippen molar-refractivity contribution in [3.63, 3.8) is 0 Å². The van der Waals surface area contributed by atoms with Crippen LogP contribution >= 0.6 is 15.9 Å².